The first kappa shape index (κ1) is 17.3. The number of carboxylic acid groups (broad SMARTS) is 1. The van der Waals surface area contributed by atoms with E-state index in [-0.39, 0.29) is 4.32 Å². The van der Waals surface area contributed by atoms with E-state index in [0.717, 1.165) is 16.7 Å². The molecule has 0 saturated carbocycles. The van der Waals surface area contributed by atoms with Crippen LogP contribution < -0.4 is 14.6 Å². The van der Waals surface area contributed by atoms with Gasteiger partial charge in [0.1, 0.15) is 4.32 Å². The lowest BCUT2D eigenvalue weighted by atomic mass is 10.1. The third-order valence-electron chi connectivity index (χ3n) is 2.96. The number of hydrogen-bond acceptors (Lipinski definition) is 7. The second kappa shape index (κ2) is 7.47. The maximum Gasteiger partial charge on any atom is 0.266 e. The minimum absolute atomic E-state index is 0.186. The fraction of sp³-hybridized carbons (Fsp3) is 0.267. The van der Waals surface area contributed by atoms with Crippen LogP contribution in [0.25, 0.3) is 6.08 Å². The lowest BCUT2D eigenvalue weighted by Gasteiger charge is -2.14. The molecule has 23 heavy (non-hydrogen) atoms. The predicted octanol–water partition coefficient (Wildman–Crippen LogP) is 1.04. The van der Waals surface area contributed by atoms with Gasteiger partial charge in [-0.1, -0.05) is 36.1 Å². The summed E-state index contributed by atoms with van der Waals surface area (Å²) in [6.45, 7) is 1.78. The number of para-hydroxylation sites is 1. The summed E-state index contributed by atoms with van der Waals surface area (Å²) >= 11 is 6.08. The van der Waals surface area contributed by atoms with Gasteiger partial charge in [0, 0.05) is 5.56 Å². The number of nitrogens with zero attached hydrogens (tertiary/aromatic N) is 1. The minimum Gasteiger partial charge on any atom is -0.548 e. The van der Waals surface area contributed by atoms with E-state index in [1.165, 1.54) is 7.11 Å². The highest BCUT2D eigenvalue weighted by Gasteiger charge is 2.32. The standard InChI is InChI=1S/C15H15NO5S2/c1-3-21-10-6-4-5-9(13(10)20-2)7-11-14(19)16(8-12(17)18)15(22)23-11/h4-7H,3,8H2,1-2H3,(H,17,18)/p-1/b11-7-. The number of thioether (sulfide) groups is 1. The highest BCUT2D eigenvalue weighted by Crippen LogP contribution is 2.37. The molecule has 0 atom stereocenters. The summed E-state index contributed by atoms with van der Waals surface area (Å²) in [4.78, 5) is 24.3. The van der Waals surface area contributed by atoms with Crippen molar-refractivity contribution in [3.63, 3.8) is 0 Å². The molecule has 0 radical (unpaired) electrons. The van der Waals surface area contributed by atoms with E-state index in [0.29, 0.717) is 28.6 Å². The van der Waals surface area contributed by atoms with Gasteiger partial charge in [0.15, 0.2) is 11.5 Å². The van der Waals surface area contributed by atoms with Gasteiger partial charge in [0.05, 0.1) is 31.1 Å². The van der Waals surface area contributed by atoms with Crippen LogP contribution in [-0.4, -0.2) is 41.4 Å². The molecular formula is C15H14NO5S2-. The summed E-state index contributed by atoms with van der Waals surface area (Å²) in [6.07, 6.45) is 1.61. The van der Waals surface area contributed by atoms with Crippen LogP contribution in [0.15, 0.2) is 23.1 Å². The van der Waals surface area contributed by atoms with Gasteiger partial charge in [-0.2, -0.15) is 0 Å². The molecular weight excluding hydrogens is 338 g/mol. The van der Waals surface area contributed by atoms with Crippen LogP contribution in [0, 0.1) is 0 Å². The van der Waals surface area contributed by atoms with Gasteiger partial charge < -0.3 is 19.4 Å². The third kappa shape index (κ3) is 3.83. The van der Waals surface area contributed by atoms with Crippen molar-refractivity contribution < 1.29 is 24.2 Å². The summed E-state index contributed by atoms with van der Waals surface area (Å²) in [7, 11) is 1.51. The molecule has 1 aromatic rings. The number of methoxy groups -OCH3 is 1. The Morgan fingerprint density at radius 3 is 2.83 bits per heavy atom. The van der Waals surface area contributed by atoms with Crippen LogP contribution in [0.2, 0.25) is 0 Å². The molecule has 1 fully saturated rings. The Balaban J connectivity index is 2.36. The van der Waals surface area contributed by atoms with Crippen molar-refractivity contribution in [2.75, 3.05) is 20.3 Å². The fourth-order valence-corrected chi connectivity index (χ4v) is 3.29. The number of carbonyl (C=O) groups excluding carboxylic acids is 2. The Labute approximate surface area is 143 Å². The number of carbonyl (C=O) groups is 2. The van der Waals surface area contributed by atoms with Crippen molar-refractivity contribution in [2.24, 2.45) is 0 Å². The van der Waals surface area contributed by atoms with Crippen molar-refractivity contribution in [2.45, 2.75) is 6.92 Å². The Morgan fingerprint density at radius 2 is 2.22 bits per heavy atom. The number of amides is 1. The Kier molecular flexibility index (Phi) is 5.62. The molecule has 1 saturated heterocycles. The van der Waals surface area contributed by atoms with Crippen LogP contribution in [-0.2, 0) is 9.59 Å². The minimum atomic E-state index is -1.36. The number of benzene rings is 1. The average molecular weight is 352 g/mol. The van der Waals surface area contributed by atoms with E-state index in [1.807, 2.05) is 6.92 Å². The van der Waals surface area contributed by atoms with Crippen molar-refractivity contribution in [1.29, 1.82) is 0 Å². The van der Waals surface area contributed by atoms with Gasteiger partial charge in [0.25, 0.3) is 5.91 Å². The van der Waals surface area contributed by atoms with Crippen molar-refractivity contribution in [3.8, 4) is 11.5 Å². The van der Waals surface area contributed by atoms with Gasteiger partial charge in [-0.05, 0) is 19.1 Å². The molecule has 0 N–H and O–H groups in total. The quantitative estimate of drug-likeness (QED) is 0.559. The highest BCUT2D eigenvalue weighted by atomic mass is 32.2. The van der Waals surface area contributed by atoms with Gasteiger partial charge in [-0.25, -0.2) is 0 Å². The van der Waals surface area contributed by atoms with Crippen LogP contribution >= 0.6 is 24.0 Å². The first-order chi connectivity index (χ1) is 11.0. The van der Waals surface area contributed by atoms with Crippen molar-refractivity contribution >= 4 is 46.3 Å². The number of hydrogen-bond donors (Lipinski definition) is 0. The van der Waals surface area contributed by atoms with Gasteiger partial charge in [-0.15, -0.1) is 0 Å². The van der Waals surface area contributed by atoms with E-state index in [9.17, 15) is 14.7 Å². The molecule has 0 aliphatic carbocycles. The second-order valence-electron chi connectivity index (χ2n) is 4.45. The molecule has 2 rings (SSSR count). The third-order valence-corrected chi connectivity index (χ3v) is 4.34. The lowest BCUT2D eigenvalue weighted by Crippen LogP contribution is -2.40. The normalized spacial score (nSPS) is 16.1. The smallest absolute Gasteiger partial charge is 0.266 e. The molecule has 1 aliphatic rings. The van der Waals surface area contributed by atoms with Gasteiger partial charge >= 0.3 is 0 Å². The summed E-state index contributed by atoms with van der Waals surface area (Å²) in [5.41, 5.74) is 0.646. The van der Waals surface area contributed by atoms with Crippen molar-refractivity contribution in [1.82, 2.24) is 4.90 Å². The first-order valence-electron chi connectivity index (χ1n) is 6.73. The number of aliphatic carboxylic acids is 1. The van der Waals surface area contributed by atoms with Gasteiger partial charge in [-0.3, -0.25) is 9.69 Å². The van der Waals surface area contributed by atoms with E-state index >= 15 is 0 Å². The highest BCUT2D eigenvalue weighted by molar-refractivity contribution is 8.26. The van der Waals surface area contributed by atoms with E-state index < -0.39 is 18.4 Å². The largest absolute Gasteiger partial charge is 0.548 e. The topological polar surface area (TPSA) is 78.9 Å². The summed E-state index contributed by atoms with van der Waals surface area (Å²) in [5.74, 6) is -0.764. The molecule has 0 aromatic heterocycles. The molecule has 6 nitrogen and oxygen atoms in total. The number of rotatable bonds is 6. The zero-order valence-corrected chi connectivity index (χ0v) is 14.2. The molecule has 1 heterocycles. The molecule has 8 heteroatoms. The first-order valence-corrected chi connectivity index (χ1v) is 7.95. The molecule has 0 unspecified atom stereocenters. The monoisotopic (exact) mass is 352 g/mol. The zero-order valence-electron chi connectivity index (χ0n) is 12.5. The molecule has 1 amide bonds. The predicted molar refractivity (Wildman–Crippen MR) is 89.0 cm³/mol. The summed E-state index contributed by atoms with van der Waals surface area (Å²) in [6, 6.07) is 5.31. The average Bonchev–Trinajstić information content (AvgIpc) is 2.75. The molecule has 122 valence electrons. The Morgan fingerprint density at radius 1 is 1.48 bits per heavy atom. The lowest BCUT2D eigenvalue weighted by molar-refractivity contribution is -0.305. The second-order valence-corrected chi connectivity index (χ2v) is 6.13. The summed E-state index contributed by atoms with van der Waals surface area (Å²) in [5, 5.41) is 10.7. The number of carboxylic acids is 1. The molecule has 0 spiro atoms. The van der Waals surface area contributed by atoms with Crippen LogP contribution in [0.1, 0.15) is 12.5 Å². The van der Waals surface area contributed by atoms with Gasteiger partial charge in [0.2, 0.25) is 0 Å². The fourth-order valence-electron chi connectivity index (χ4n) is 2.04. The molecule has 1 aliphatic heterocycles. The maximum absolute atomic E-state index is 12.3. The van der Waals surface area contributed by atoms with E-state index in [2.05, 4.69) is 0 Å². The zero-order chi connectivity index (χ0) is 17.0. The van der Waals surface area contributed by atoms with Crippen LogP contribution in [0.5, 0.6) is 11.5 Å². The number of ether oxygens (including phenoxy) is 2. The summed E-state index contributed by atoms with van der Waals surface area (Å²) < 4.78 is 11.0. The van der Waals surface area contributed by atoms with Crippen LogP contribution in [0.4, 0.5) is 0 Å². The SMILES string of the molecule is CCOc1cccc(/C=C2\SC(=S)N(CC(=O)[O-])C2=O)c1OC. The Hall–Kier alpha value is -2.06. The van der Waals surface area contributed by atoms with Crippen LogP contribution in [0.3, 0.4) is 0 Å². The number of thiocarbonyl (C=S) groups is 1. The van der Waals surface area contributed by atoms with Crippen molar-refractivity contribution in [3.05, 3.63) is 28.7 Å². The molecule has 0 bridgehead atoms. The molecule has 1 aromatic carbocycles. The Bertz CT molecular complexity index is 686. The maximum atomic E-state index is 12.3. The van der Waals surface area contributed by atoms with E-state index in [4.69, 9.17) is 21.7 Å². The van der Waals surface area contributed by atoms with E-state index in [1.54, 1.807) is 24.3 Å².